The van der Waals surface area contributed by atoms with Gasteiger partial charge in [0.1, 0.15) is 0 Å². The molecule has 2 nitrogen and oxygen atoms in total. The SMILES string of the molecule is C=C1CC(C(=O)CC)=CC(C)=N1. The largest absolute Gasteiger partial charge is 0.295 e. The lowest BCUT2D eigenvalue weighted by molar-refractivity contribution is -0.115. The van der Waals surface area contributed by atoms with E-state index in [0.29, 0.717) is 12.8 Å². The third-order valence-electron chi connectivity index (χ3n) is 1.79. The summed E-state index contributed by atoms with van der Waals surface area (Å²) >= 11 is 0. The summed E-state index contributed by atoms with van der Waals surface area (Å²) in [7, 11) is 0. The van der Waals surface area contributed by atoms with Crippen molar-refractivity contribution in [1.29, 1.82) is 0 Å². The van der Waals surface area contributed by atoms with Crippen LogP contribution in [0.1, 0.15) is 26.7 Å². The normalized spacial score (nSPS) is 17.0. The van der Waals surface area contributed by atoms with Crippen molar-refractivity contribution in [3.8, 4) is 0 Å². The molecule has 0 aliphatic carbocycles. The van der Waals surface area contributed by atoms with E-state index < -0.39 is 0 Å². The van der Waals surface area contributed by atoms with Crippen LogP contribution in [0.2, 0.25) is 0 Å². The van der Waals surface area contributed by atoms with Gasteiger partial charge in [0.2, 0.25) is 0 Å². The van der Waals surface area contributed by atoms with Crippen molar-refractivity contribution in [2.24, 2.45) is 4.99 Å². The summed E-state index contributed by atoms with van der Waals surface area (Å²) in [4.78, 5) is 15.4. The summed E-state index contributed by atoms with van der Waals surface area (Å²) < 4.78 is 0. The Balaban J connectivity index is 2.87. The Morgan fingerprint density at radius 3 is 2.92 bits per heavy atom. The van der Waals surface area contributed by atoms with Crippen molar-refractivity contribution >= 4 is 11.5 Å². The van der Waals surface area contributed by atoms with E-state index in [1.807, 2.05) is 19.9 Å². The highest BCUT2D eigenvalue weighted by atomic mass is 16.1. The Hall–Kier alpha value is -1.18. The lowest BCUT2D eigenvalue weighted by Gasteiger charge is -2.10. The van der Waals surface area contributed by atoms with Crippen molar-refractivity contribution in [3.63, 3.8) is 0 Å². The Morgan fingerprint density at radius 2 is 2.42 bits per heavy atom. The minimum Gasteiger partial charge on any atom is -0.295 e. The van der Waals surface area contributed by atoms with Crippen LogP contribution in [0.3, 0.4) is 0 Å². The van der Waals surface area contributed by atoms with Crippen molar-refractivity contribution < 1.29 is 4.79 Å². The number of allylic oxidation sites excluding steroid dienone is 2. The first-order valence-corrected chi connectivity index (χ1v) is 4.10. The molecule has 0 N–H and O–H groups in total. The Bertz CT molecular complexity index is 284. The molecule has 64 valence electrons. The molecule has 12 heavy (non-hydrogen) atoms. The molecule has 0 aromatic rings. The maximum absolute atomic E-state index is 11.3. The summed E-state index contributed by atoms with van der Waals surface area (Å²) in [6.07, 6.45) is 3.02. The van der Waals surface area contributed by atoms with Gasteiger partial charge in [-0.25, -0.2) is 0 Å². The third-order valence-corrected chi connectivity index (χ3v) is 1.79. The van der Waals surface area contributed by atoms with Crippen molar-refractivity contribution in [2.45, 2.75) is 26.7 Å². The zero-order valence-corrected chi connectivity index (χ0v) is 7.55. The second-order valence-corrected chi connectivity index (χ2v) is 2.94. The van der Waals surface area contributed by atoms with E-state index in [1.165, 1.54) is 0 Å². The predicted molar refractivity (Wildman–Crippen MR) is 50.2 cm³/mol. The second-order valence-electron chi connectivity index (χ2n) is 2.94. The lowest BCUT2D eigenvalue weighted by atomic mass is 10.0. The number of hydrogen-bond donors (Lipinski definition) is 0. The first-order chi connectivity index (χ1) is 5.63. The molecule has 2 heteroatoms. The molecule has 1 rings (SSSR count). The van der Waals surface area contributed by atoms with Crippen LogP contribution >= 0.6 is 0 Å². The van der Waals surface area contributed by atoms with E-state index >= 15 is 0 Å². The topological polar surface area (TPSA) is 29.4 Å². The fourth-order valence-electron chi connectivity index (χ4n) is 1.25. The van der Waals surface area contributed by atoms with Crippen LogP contribution in [-0.4, -0.2) is 11.5 Å². The molecule has 0 radical (unpaired) electrons. The average Bonchev–Trinajstić information content (AvgIpc) is 2.01. The summed E-state index contributed by atoms with van der Waals surface area (Å²) in [6, 6.07) is 0. The van der Waals surface area contributed by atoms with E-state index in [4.69, 9.17) is 0 Å². The van der Waals surface area contributed by atoms with Gasteiger partial charge in [-0.2, -0.15) is 0 Å². The monoisotopic (exact) mass is 163 g/mol. The van der Waals surface area contributed by atoms with E-state index in [1.54, 1.807) is 0 Å². The minimum absolute atomic E-state index is 0.199. The molecule has 0 saturated heterocycles. The highest BCUT2D eigenvalue weighted by Crippen LogP contribution is 2.18. The number of carbonyl (C=O) groups excluding carboxylic acids is 1. The Morgan fingerprint density at radius 1 is 1.75 bits per heavy atom. The molecule has 1 heterocycles. The maximum atomic E-state index is 11.3. The average molecular weight is 163 g/mol. The van der Waals surface area contributed by atoms with E-state index in [-0.39, 0.29) is 5.78 Å². The number of aliphatic imine (C=N–C) groups is 1. The molecule has 0 atom stereocenters. The molecule has 0 aromatic heterocycles. The van der Waals surface area contributed by atoms with Crippen molar-refractivity contribution in [3.05, 3.63) is 23.9 Å². The van der Waals surface area contributed by atoms with Gasteiger partial charge in [-0.3, -0.25) is 9.79 Å². The van der Waals surface area contributed by atoms with Crippen LogP contribution < -0.4 is 0 Å². The number of hydrogen-bond acceptors (Lipinski definition) is 2. The molecule has 0 saturated carbocycles. The highest BCUT2D eigenvalue weighted by Gasteiger charge is 2.12. The van der Waals surface area contributed by atoms with Crippen LogP contribution in [0.15, 0.2) is 28.9 Å². The number of rotatable bonds is 2. The molecule has 0 aromatic carbocycles. The highest BCUT2D eigenvalue weighted by molar-refractivity contribution is 6.05. The molecule has 0 bridgehead atoms. The second kappa shape index (κ2) is 3.48. The molecule has 0 fully saturated rings. The maximum Gasteiger partial charge on any atom is 0.159 e. The van der Waals surface area contributed by atoms with Gasteiger partial charge < -0.3 is 0 Å². The van der Waals surface area contributed by atoms with E-state index in [2.05, 4.69) is 11.6 Å². The molecule has 0 spiro atoms. The van der Waals surface area contributed by atoms with Gasteiger partial charge in [-0.15, -0.1) is 0 Å². The van der Waals surface area contributed by atoms with Crippen LogP contribution in [-0.2, 0) is 4.79 Å². The number of nitrogens with zero attached hydrogens (tertiary/aromatic N) is 1. The molecular formula is C10H13NO. The third kappa shape index (κ3) is 1.91. The van der Waals surface area contributed by atoms with Gasteiger partial charge in [0.05, 0.1) is 0 Å². The Labute approximate surface area is 72.7 Å². The number of carbonyl (C=O) groups is 1. The van der Waals surface area contributed by atoms with Crippen molar-refractivity contribution in [1.82, 2.24) is 0 Å². The summed E-state index contributed by atoms with van der Waals surface area (Å²) in [5.74, 6) is 0.199. The van der Waals surface area contributed by atoms with E-state index in [9.17, 15) is 4.79 Å². The molecule has 1 aliphatic rings. The van der Waals surface area contributed by atoms with Gasteiger partial charge in [0.25, 0.3) is 0 Å². The fraction of sp³-hybridized carbons (Fsp3) is 0.400. The van der Waals surface area contributed by atoms with Crippen molar-refractivity contribution in [2.75, 3.05) is 0 Å². The first-order valence-electron chi connectivity index (χ1n) is 4.10. The van der Waals surface area contributed by atoms with Crippen LogP contribution in [0.4, 0.5) is 0 Å². The minimum atomic E-state index is 0.199. The summed E-state index contributed by atoms with van der Waals surface area (Å²) in [5.41, 5.74) is 2.50. The lowest BCUT2D eigenvalue weighted by Crippen LogP contribution is -2.07. The molecule has 0 amide bonds. The quantitative estimate of drug-likeness (QED) is 0.614. The first kappa shape index (κ1) is 8.91. The van der Waals surface area contributed by atoms with Crippen LogP contribution in [0.25, 0.3) is 0 Å². The number of Topliss-reactive ketones (excluding diaryl/α,β-unsaturated/α-hetero) is 1. The Kier molecular flexibility index (Phi) is 2.58. The number of ketones is 1. The molecular weight excluding hydrogens is 150 g/mol. The van der Waals surface area contributed by atoms with Gasteiger partial charge in [0, 0.05) is 29.8 Å². The van der Waals surface area contributed by atoms with Gasteiger partial charge in [-0.05, 0) is 13.0 Å². The zero-order chi connectivity index (χ0) is 9.14. The standard InChI is InChI=1S/C10H13NO/c1-4-10(12)9-5-7(2)11-8(3)6-9/h6H,2,4-5H2,1,3H3. The fourth-order valence-corrected chi connectivity index (χ4v) is 1.25. The van der Waals surface area contributed by atoms with Gasteiger partial charge in [0.15, 0.2) is 5.78 Å². The molecule has 0 unspecified atom stereocenters. The van der Waals surface area contributed by atoms with Gasteiger partial charge in [-0.1, -0.05) is 13.5 Å². The number of dihydropyridines is 1. The predicted octanol–water partition coefficient (Wildman–Crippen LogP) is 2.27. The van der Waals surface area contributed by atoms with Gasteiger partial charge >= 0.3 is 0 Å². The smallest absolute Gasteiger partial charge is 0.159 e. The van der Waals surface area contributed by atoms with Crippen LogP contribution in [0.5, 0.6) is 0 Å². The van der Waals surface area contributed by atoms with Crippen LogP contribution in [0, 0.1) is 0 Å². The van der Waals surface area contributed by atoms with E-state index in [0.717, 1.165) is 17.0 Å². The summed E-state index contributed by atoms with van der Waals surface area (Å²) in [6.45, 7) is 7.50. The zero-order valence-electron chi connectivity index (χ0n) is 7.55. The summed E-state index contributed by atoms with van der Waals surface area (Å²) in [5, 5.41) is 0. The molecule has 1 aliphatic heterocycles.